The van der Waals surface area contributed by atoms with E-state index in [4.69, 9.17) is 21.7 Å². The van der Waals surface area contributed by atoms with Crippen molar-refractivity contribution in [3.63, 3.8) is 0 Å². The van der Waals surface area contributed by atoms with Gasteiger partial charge in [-0.05, 0) is 18.2 Å². The maximum absolute atomic E-state index is 12.1. The molecular formula is C14H16N2O4S2. The minimum Gasteiger partial charge on any atom is -0.493 e. The molecule has 0 radical (unpaired) electrons. The largest absolute Gasteiger partial charge is 0.493 e. The molecule has 22 heavy (non-hydrogen) atoms. The predicted octanol–water partition coefficient (Wildman–Crippen LogP) is 1.29. The summed E-state index contributed by atoms with van der Waals surface area (Å²) < 4.78 is 10.8. The Kier molecular flexibility index (Phi) is 5.62. The molecule has 6 nitrogen and oxygen atoms in total. The summed E-state index contributed by atoms with van der Waals surface area (Å²) in [6.07, 6.45) is 0. The van der Waals surface area contributed by atoms with Crippen LogP contribution in [-0.4, -0.2) is 54.1 Å². The number of nitrogens with zero attached hydrogens (tertiary/aromatic N) is 1. The van der Waals surface area contributed by atoms with Crippen molar-refractivity contribution in [3.8, 4) is 11.5 Å². The number of hydrogen-bond donors (Lipinski definition) is 1. The Balaban J connectivity index is 1.92. The summed E-state index contributed by atoms with van der Waals surface area (Å²) >= 11 is 6.42. The molecule has 0 saturated carbocycles. The Morgan fingerprint density at radius 2 is 2.09 bits per heavy atom. The lowest BCUT2D eigenvalue weighted by Crippen LogP contribution is -2.37. The second-order valence-electron chi connectivity index (χ2n) is 4.43. The second-order valence-corrected chi connectivity index (χ2v) is 6.03. The van der Waals surface area contributed by atoms with Gasteiger partial charge in [-0.2, -0.15) is 0 Å². The summed E-state index contributed by atoms with van der Waals surface area (Å²) in [6, 6.07) is 4.93. The fourth-order valence-electron chi connectivity index (χ4n) is 1.96. The number of ether oxygens (including phenoxy) is 2. The van der Waals surface area contributed by atoms with Gasteiger partial charge in [0.05, 0.1) is 20.0 Å². The molecule has 8 heteroatoms. The SMILES string of the molecule is COc1ccc(C(=O)NCCN2C(=O)CSC2=S)cc1OC. The van der Waals surface area contributed by atoms with E-state index in [-0.39, 0.29) is 11.8 Å². The van der Waals surface area contributed by atoms with Gasteiger partial charge in [-0.1, -0.05) is 24.0 Å². The van der Waals surface area contributed by atoms with E-state index >= 15 is 0 Å². The maximum Gasteiger partial charge on any atom is 0.251 e. The van der Waals surface area contributed by atoms with Crippen molar-refractivity contribution in [2.45, 2.75) is 0 Å². The van der Waals surface area contributed by atoms with Crippen LogP contribution in [0.3, 0.4) is 0 Å². The molecule has 1 saturated heterocycles. The molecule has 0 bridgehead atoms. The van der Waals surface area contributed by atoms with Gasteiger partial charge in [0.25, 0.3) is 5.91 Å². The molecule has 0 aromatic heterocycles. The topological polar surface area (TPSA) is 67.9 Å². The van der Waals surface area contributed by atoms with Gasteiger partial charge in [-0.15, -0.1) is 0 Å². The van der Waals surface area contributed by atoms with E-state index in [1.807, 2.05) is 0 Å². The number of amides is 2. The number of hydrogen-bond acceptors (Lipinski definition) is 6. The quantitative estimate of drug-likeness (QED) is 0.787. The van der Waals surface area contributed by atoms with Gasteiger partial charge in [0.15, 0.2) is 11.5 Å². The number of nitrogens with one attached hydrogen (secondary N) is 1. The van der Waals surface area contributed by atoms with Crippen molar-refractivity contribution in [3.05, 3.63) is 23.8 Å². The Hall–Kier alpha value is -1.80. The number of rotatable bonds is 6. The van der Waals surface area contributed by atoms with Crippen LogP contribution in [-0.2, 0) is 4.79 Å². The molecule has 0 atom stereocenters. The number of benzene rings is 1. The predicted molar refractivity (Wildman–Crippen MR) is 88.6 cm³/mol. The Morgan fingerprint density at radius 1 is 1.36 bits per heavy atom. The van der Waals surface area contributed by atoms with E-state index in [0.29, 0.717) is 40.2 Å². The monoisotopic (exact) mass is 340 g/mol. The van der Waals surface area contributed by atoms with E-state index in [1.165, 1.54) is 30.9 Å². The van der Waals surface area contributed by atoms with Crippen molar-refractivity contribution in [1.29, 1.82) is 0 Å². The minimum absolute atomic E-state index is 0.0182. The smallest absolute Gasteiger partial charge is 0.251 e. The molecule has 1 aromatic rings. The summed E-state index contributed by atoms with van der Waals surface area (Å²) in [5.41, 5.74) is 0.461. The van der Waals surface area contributed by atoms with Crippen LogP contribution in [0.1, 0.15) is 10.4 Å². The van der Waals surface area contributed by atoms with Crippen LogP contribution >= 0.6 is 24.0 Å². The minimum atomic E-state index is -0.244. The Bertz CT molecular complexity index is 591. The average molecular weight is 340 g/mol. The highest BCUT2D eigenvalue weighted by Gasteiger charge is 2.26. The van der Waals surface area contributed by atoms with Gasteiger partial charge in [0, 0.05) is 18.7 Å². The Labute approximate surface area is 138 Å². The van der Waals surface area contributed by atoms with Gasteiger partial charge in [0.2, 0.25) is 5.91 Å². The zero-order valence-electron chi connectivity index (χ0n) is 12.3. The van der Waals surface area contributed by atoms with Crippen molar-refractivity contribution in [2.75, 3.05) is 33.1 Å². The van der Waals surface area contributed by atoms with E-state index in [0.717, 1.165) is 0 Å². The van der Waals surface area contributed by atoms with E-state index in [2.05, 4.69) is 5.32 Å². The van der Waals surface area contributed by atoms with Crippen LogP contribution in [0.5, 0.6) is 11.5 Å². The summed E-state index contributed by atoms with van der Waals surface area (Å²) in [6.45, 7) is 0.712. The summed E-state index contributed by atoms with van der Waals surface area (Å²) in [5.74, 6) is 1.16. The molecule has 1 aliphatic heterocycles. The molecule has 0 aliphatic carbocycles. The lowest BCUT2D eigenvalue weighted by molar-refractivity contribution is -0.123. The van der Waals surface area contributed by atoms with E-state index in [9.17, 15) is 9.59 Å². The summed E-state index contributed by atoms with van der Waals surface area (Å²) in [4.78, 5) is 25.2. The highest BCUT2D eigenvalue weighted by atomic mass is 32.2. The lowest BCUT2D eigenvalue weighted by atomic mass is 10.2. The van der Waals surface area contributed by atoms with Crippen LogP contribution in [0.4, 0.5) is 0 Å². The number of carbonyl (C=O) groups is 2. The second kappa shape index (κ2) is 7.46. The standard InChI is InChI=1S/C14H16N2O4S2/c1-19-10-4-3-9(7-11(10)20-2)13(18)15-5-6-16-12(17)8-22-14(16)21/h3-4,7H,5-6,8H2,1-2H3,(H,15,18). The number of methoxy groups -OCH3 is 2. The molecule has 1 aliphatic rings. The van der Waals surface area contributed by atoms with Crippen molar-refractivity contribution in [2.24, 2.45) is 0 Å². The Morgan fingerprint density at radius 3 is 2.68 bits per heavy atom. The number of carbonyl (C=O) groups excluding carboxylic acids is 2. The molecule has 2 rings (SSSR count). The third kappa shape index (κ3) is 3.69. The highest BCUT2D eigenvalue weighted by Crippen LogP contribution is 2.27. The first-order valence-corrected chi connectivity index (χ1v) is 7.93. The van der Waals surface area contributed by atoms with Gasteiger partial charge in [-0.25, -0.2) is 0 Å². The van der Waals surface area contributed by atoms with Crippen molar-refractivity contribution >= 4 is 40.1 Å². The van der Waals surface area contributed by atoms with E-state index < -0.39 is 0 Å². The first-order chi connectivity index (χ1) is 10.6. The van der Waals surface area contributed by atoms with Crippen LogP contribution in [0.25, 0.3) is 0 Å². The molecular weight excluding hydrogens is 324 g/mol. The lowest BCUT2D eigenvalue weighted by Gasteiger charge is -2.15. The molecule has 1 heterocycles. The fourth-order valence-corrected chi connectivity index (χ4v) is 3.08. The first kappa shape index (κ1) is 16.6. The zero-order chi connectivity index (χ0) is 16.1. The van der Waals surface area contributed by atoms with Crippen LogP contribution in [0.2, 0.25) is 0 Å². The molecule has 118 valence electrons. The molecule has 2 amide bonds. The molecule has 1 aromatic carbocycles. The molecule has 1 fully saturated rings. The van der Waals surface area contributed by atoms with E-state index in [1.54, 1.807) is 18.2 Å². The maximum atomic E-state index is 12.1. The van der Waals surface area contributed by atoms with Gasteiger partial charge < -0.3 is 14.8 Å². The molecule has 0 unspecified atom stereocenters. The number of thiocarbonyl (C=S) groups is 1. The fraction of sp³-hybridized carbons (Fsp3) is 0.357. The number of thioether (sulfide) groups is 1. The van der Waals surface area contributed by atoms with Gasteiger partial charge in [-0.3, -0.25) is 14.5 Å². The zero-order valence-corrected chi connectivity index (χ0v) is 13.9. The van der Waals surface area contributed by atoms with Crippen LogP contribution < -0.4 is 14.8 Å². The summed E-state index contributed by atoms with van der Waals surface area (Å²) in [5, 5.41) is 2.76. The normalized spacial score (nSPS) is 14.2. The third-order valence-corrected chi connectivity index (χ3v) is 4.54. The van der Waals surface area contributed by atoms with Gasteiger partial charge >= 0.3 is 0 Å². The van der Waals surface area contributed by atoms with Crippen LogP contribution in [0, 0.1) is 0 Å². The molecule has 1 N–H and O–H groups in total. The van der Waals surface area contributed by atoms with Gasteiger partial charge in [0.1, 0.15) is 4.32 Å². The average Bonchev–Trinajstić information content (AvgIpc) is 2.85. The van der Waals surface area contributed by atoms with Crippen LogP contribution in [0.15, 0.2) is 18.2 Å². The van der Waals surface area contributed by atoms with Crippen molar-refractivity contribution < 1.29 is 19.1 Å². The summed E-state index contributed by atoms with van der Waals surface area (Å²) in [7, 11) is 3.04. The highest BCUT2D eigenvalue weighted by molar-refractivity contribution is 8.23. The van der Waals surface area contributed by atoms with Crippen molar-refractivity contribution in [1.82, 2.24) is 10.2 Å². The third-order valence-electron chi connectivity index (χ3n) is 3.11. The first-order valence-electron chi connectivity index (χ1n) is 6.54. The molecule has 0 spiro atoms.